The normalized spacial score (nSPS) is 10.8. The molecule has 0 aliphatic rings. The second-order valence-electron chi connectivity index (χ2n) is 4.52. The molecular formula is C14H22N2O6S. The largest absolute Gasteiger partial charge is 0.493 e. The molecular weight excluding hydrogens is 324 g/mol. The number of hydrogen-bond donors (Lipinski definition) is 1. The van der Waals surface area contributed by atoms with E-state index in [1.807, 2.05) is 0 Å². The number of nitrogens with one attached hydrogen (secondary N) is 1. The lowest BCUT2D eigenvalue weighted by Crippen LogP contribution is -2.38. The highest BCUT2D eigenvalue weighted by Crippen LogP contribution is 2.32. The molecule has 0 heterocycles. The fourth-order valence-electron chi connectivity index (χ4n) is 1.91. The van der Waals surface area contributed by atoms with Crippen LogP contribution in [0.5, 0.6) is 11.5 Å². The van der Waals surface area contributed by atoms with Crippen LogP contribution >= 0.6 is 0 Å². The number of sulfonamides is 1. The lowest BCUT2D eigenvalue weighted by Gasteiger charge is -2.23. The summed E-state index contributed by atoms with van der Waals surface area (Å²) in [6, 6.07) is 4.78. The van der Waals surface area contributed by atoms with E-state index in [-0.39, 0.29) is 19.7 Å². The van der Waals surface area contributed by atoms with Crippen molar-refractivity contribution in [2.24, 2.45) is 0 Å². The van der Waals surface area contributed by atoms with E-state index in [9.17, 15) is 13.2 Å². The zero-order chi connectivity index (χ0) is 17.5. The number of carbonyl (C=O) groups excluding carboxylic acids is 1. The molecule has 1 rings (SSSR count). The second-order valence-corrected chi connectivity index (χ2v) is 6.43. The van der Waals surface area contributed by atoms with Crippen molar-refractivity contribution in [3.63, 3.8) is 0 Å². The minimum Gasteiger partial charge on any atom is -0.493 e. The van der Waals surface area contributed by atoms with Crippen molar-refractivity contribution >= 4 is 21.8 Å². The molecule has 0 bridgehead atoms. The van der Waals surface area contributed by atoms with Gasteiger partial charge in [-0.1, -0.05) is 0 Å². The number of benzene rings is 1. The molecule has 0 unspecified atom stereocenters. The van der Waals surface area contributed by atoms with Gasteiger partial charge < -0.3 is 19.5 Å². The zero-order valence-corrected chi connectivity index (χ0v) is 14.5. The van der Waals surface area contributed by atoms with E-state index in [1.165, 1.54) is 18.5 Å². The van der Waals surface area contributed by atoms with Crippen LogP contribution in [0.4, 0.5) is 10.5 Å². The Kier molecular flexibility index (Phi) is 6.95. The second kappa shape index (κ2) is 8.47. The van der Waals surface area contributed by atoms with Gasteiger partial charge in [0.15, 0.2) is 11.5 Å². The molecule has 1 amide bonds. The maximum atomic E-state index is 12.0. The van der Waals surface area contributed by atoms with Gasteiger partial charge >= 0.3 is 6.09 Å². The van der Waals surface area contributed by atoms with Crippen molar-refractivity contribution in [1.29, 1.82) is 0 Å². The van der Waals surface area contributed by atoms with Gasteiger partial charge in [0.05, 0.1) is 39.3 Å². The van der Waals surface area contributed by atoms with Crippen molar-refractivity contribution in [3.8, 4) is 11.5 Å². The summed E-state index contributed by atoms with van der Waals surface area (Å²) in [5.41, 5.74) is 0.413. The van der Waals surface area contributed by atoms with E-state index >= 15 is 0 Å². The number of methoxy groups -OCH3 is 2. The van der Waals surface area contributed by atoms with Gasteiger partial charge in [-0.25, -0.2) is 13.2 Å². The van der Waals surface area contributed by atoms with Crippen LogP contribution in [0.2, 0.25) is 0 Å². The number of alkyl carbamates (subject to hydrolysis) is 1. The summed E-state index contributed by atoms with van der Waals surface area (Å²) in [7, 11) is -0.566. The number of nitrogens with zero attached hydrogens (tertiary/aromatic N) is 1. The Hall–Kier alpha value is -2.16. The van der Waals surface area contributed by atoms with Gasteiger partial charge in [0.25, 0.3) is 0 Å². The molecule has 1 aromatic rings. The molecule has 0 atom stereocenters. The third kappa shape index (κ3) is 5.51. The lowest BCUT2D eigenvalue weighted by molar-refractivity contribution is 0.152. The van der Waals surface area contributed by atoms with Crippen LogP contribution in [0.3, 0.4) is 0 Å². The fourth-order valence-corrected chi connectivity index (χ4v) is 2.83. The standard InChI is InChI=1S/C14H22N2O6S/c1-5-22-14(17)15-8-9-16(23(4,18)19)11-6-7-12(20-2)13(10-11)21-3/h6-7,10H,5,8-9H2,1-4H3,(H,15,17). The van der Waals surface area contributed by atoms with Crippen LogP contribution in [0.1, 0.15) is 6.92 Å². The number of rotatable bonds is 8. The molecule has 1 N–H and O–H groups in total. The first-order chi connectivity index (χ1) is 10.8. The minimum absolute atomic E-state index is 0.0626. The lowest BCUT2D eigenvalue weighted by atomic mass is 10.2. The smallest absolute Gasteiger partial charge is 0.407 e. The Balaban J connectivity index is 2.93. The van der Waals surface area contributed by atoms with Crippen LogP contribution < -0.4 is 19.1 Å². The van der Waals surface area contributed by atoms with Gasteiger partial charge in [-0.15, -0.1) is 0 Å². The van der Waals surface area contributed by atoms with E-state index in [0.29, 0.717) is 17.2 Å². The monoisotopic (exact) mass is 346 g/mol. The molecule has 0 fully saturated rings. The molecule has 0 aliphatic carbocycles. The van der Waals surface area contributed by atoms with Crippen LogP contribution in [0.15, 0.2) is 18.2 Å². The molecule has 0 saturated heterocycles. The van der Waals surface area contributed by atoms with Crippen molar-refractivity contribution in [1.82, 2.24) is 5.32 Å². The van der Waals surface area contributed by atoms with Crippen molar-refractivity contribution in [2.45, 2.75) is 6.92 Å². The quantitative estimate of drug-likeness (QED) is 0.760. The summed E-state index contributed by atoms with van der Waals surface area (Å²) >= 11 is 0. The highest BCUT2D eigenvalue weighted by molar-refractivity contribution is 7.92. The van der Waals surface area contributed by atoms with Crippen LogP contribution in [0, 0.1) is 0 Å². The van der Waals surface area contributed by atoms with Crippen molar-refractivity contribution in [3.05, 3.63) is 18.2 Å². The third-order valence-corrected chi connectivity index (χ3v) is 4.11. The maximum Gasteiger partial charge on any atom is 0.407 e. The van der Waals surface area contributed by atoms with Gasteiger partial charge in [0.1, 0.15) is 0 Å². The Morgan fingerprint density at radius 3 is 2.39 bits per heavy atom. The Morgan fingerprint density at radius 1 is 1.22 bits per heavy atom. The molecule has 9 heteroatoms. The number of hydrogen-bond acceptors (Lipinski definition) is 6. The van der Waals surface area contributed by atoms with Crippen molar-refractivity contribution < 1.29 is 27.4 Å². The predicted molar refractivity (Wildman–Crippen MR) is 86.8 cm³/mol. The van der Waals surface area contributed by atoms with Gasteiger partial charge in [-0.05, 0) is 19.1 Å². The Morgan fingerprint density at radius 2 is 1.87 bits per heavy atom. The Labute approximate surface area is 136 Å². The maximum absolute atomic E-state index is 12.0. The molecule has 0 spiro atoms. The molecule has 0 aliphatic heterocycles. The van der Waals surface area contributed by atoms with E-state index in [4.69, 9.17) is 14.2 Å². The van der Waals surface area contributed by atoms with Gasteiger partial charge in [0.2, 0.25) is 10.0 Å². The summed E-state index contributed by atoms with van der Waals surface area (Å²) < 4.78 is 40.2. The molecule has 8 nitrogen and oxygen atoms in total. The molecule has 0 aromatic heterocycles. The van der Waals surface area contributed by atoms with E-state index in [1.54, 1.807) is 25.1 Å². The summed E-state index contributed by atoms with van der Waals surface area (Å²) in [6.07, 6.45) is 0.502. The number of anilines is 1. The third-order valence-electron chi connectivity index (χ3n) is 2.92. The van der Waals surface area contributed by atoms with Crippen LogP contribution in [0.25, 0.3) is 0 Å². The highest BCUT2D eigenvalue weighted by Gasteiger charge is 2.19. The summed E-state index contributed by atoms with van der Waals surface area (Å²) in [4.78, 5) is 11.3. The first-order valence-electron chi connectivity index (χ1n) is 6.93. The highest BCUT2D eigenvalue weighted by atomic mass is 32.2. The van der Waals surface area contributed by atoms with Crippen LogP contribution in [-0.2, 0) is 14.8 Å². The SMILES string of the molecule is CCOC(=O)NCCN(c1ccc(OC)c(OC)c1)S(C)(=O)=O. The fraction of sp³-hybridized carbons (Fsp3) is 0.500. The average Bonchev–Trinajstić information content (AvgIpc) is 2.50. The van der Waals surface area contributed by atoms with Crippen molar-refractivity contribution in [2.75, 3.05) is 44.5 Å². The number of carbonyl (C=O) groups is 1. The predicted octanol–water partition coefficient (Wildman–Crippen LogP) is 1.22. The Bertz CT molecular complexity index is 632. The van der Waals surface area contributed by atoms with E-state index < -0.39 is 16.1 Å². The zero-order valence-electron chi connectivity index (χ0n) is 13.7. The number of amides is 1. The molecule has 0 saturated carbocycles. The summed E-state index contributed by atoms with van der Waals surface area (Å²) in [5, 5.41) is 2.48. The summed E-state index contributed by atoms with van der Waals surface area (Å²) in [6.45, 7) is 2.11. The van der Waals surface area contributed by atoms with Gasteiger partial charge in [-0.2, -0.15) is 0 Å². The molecule has 0 radical (unpaired) electrons. The van der Waals surface area contributed by atoms with Gasteiger partial charge in [-0.3, -0.25) is 4.31 Å². The minimum atomic E-state index is -3.53. The van der Waals surface area contributed by atoms with Gasteiger partial charge in [0, 0.05) is 12.6 Å². The van der Waals surface area contributed by atoms with E-state index in [0.717, 1.165) is 6.26 Å². The molecule has 130 valence electrons. The number of ether oxygens (including phenoxy) is 3. The topological polar surface area (TPSA) is 94.2 Å². The summed E-state index contributed by atoms with van der Waals surface area (Å²) in [5.74, 6) is 0.909. The molecule has 1 aromatic carbocycles. The molecule has 23 heavy (non-hydrogen) atoms. The first-order valence-corrected chi connectivity index (χ1v) is 8.78. The van der Waals surface area contributed by atoms with Crippen LogP contribution in [-0.4, -0.2) is 54.7 Å². The first kappa shape index (κ1) is 18.9. The van der Waals surface area contributed by atoms with E-state index in [2.05, 4.69) is 5.32 Å². The average molecular weight is 346 g/mol.